The summed E-state index contributed by atoms with van der Waals surface area (Å²) in [5.41, 5.74) is 0.550. The lowest BCUT2D eigenvalue weighted by Gasteiger charge is -2.10. The summed E-state index contributed by atoms with van der Waals surface area (Å²) in [7, 11) is 1.68. The Bertz CT molecular complexity index is 417. The maximum absolute atomic E-state index is 11.1. The lowest BCUT2D eigenvalue weighted by molar-refractivity contribution is -0.384. The Morgan fingerprint density at radius 1 is 1.61 bits per heavy atom. The molecule has 0 aliphatic rings. The topological polar surface area (TPSA) is 93.2 Å². The molecular formula is C11H20N4O3. The third kappa shape index (κ3) is 3.19. The minimum atomic E-state index is -0.399. The highest BCUT2D eigenvalue weighted by Crippen LogP contribution is 2.28. The Hall–Kier alpha value is -1.63. The van der Waals surface area contributed by atoms with Crippen molar-refractivity contribution in [3.05, 3.63) is 15.8 Å². The molecule has 18 heavy (non-hydrogen) atoms. The van der Waals surface area contributed by atoms with E-state index in [9.17, 15) is 10.1 Å². The van der Waals surface area contributed by atoms with Gasteiger partial charge in [-0.1, -0.05) is 20.3 Å². The molecule has 0 amide bonds. The van der Waals surface area contributed by atoms with Crippen LogP contribution in [-0.2, 0) is 13.5 Å². The number of nitro groups is 1. The van der Waals surface area contributed by atoms with E-state index in [4.69, 9.17) is 5.11 Å². The van der Waals surface area contributed by atoms with E-state index >= 15 is 0 Å². The highest BCUT2D eigenvalue weighted by atomic mass is 16.6. The molecule has 1 atom stereocenters. The number of hydrogen-bond acceptors (Lipinski definition) is 5. The first-order valence-electron chi connectivity index (χ1n) is 6.06. The molecule has 7 heteroatoms. The molecule has 1 rings (SSSR count). The zero-order chi connectivity index (χ0) is 13.7. The molecule has 0 bridgehead atoms. The van der Waals surface area contributed by atoms with Crippen molar-refractivity contribution < 1.29 is 10.0 Å². The number of aromatic nitrogens is 2. The molecule has 2 N–H and O–H groups in total. The second-order valence-electron chi connectivity index (χ2n) is 4.44. The fourth-order valence-electron chi connectivity index (χ4n) is 1.70. The molecule has 0 aromatic carbocycles. The second kappa shape index (κ2) is 6.34. The van der Waals surface area contributed by atoms with Crippen molar-refractivity contribution in [2.24, 2.45) is 13.0 Å². The third-order valence-corrected chi connectivity index (χ3v) is 2.69. The van der Waals surface area contributed by atoms with Crippen molar-refractivity contribution in [3.63, 3.8) is 0 Å². The number of hydrogen-bond donors (Lipinski definition) is 2. The average molecular weight is 256 g/mol. The molecule has 102 valence electrons. The highest BCUT2D eigenvalue weighted by molar-refractivity contribution is 5.59. The minimum Gasteiger partial charge on any atom is -0.396 e. The lowest BCUT2D eigenvalue weighted by atomic mass is 10.2. The molecule has 0 spiro atoms. The van der Waals surface area contributed by atoms with Crippen molar-refractivity contribution >= 4 is 11.5 Å². The van der Waals surface area contributed by atoms with Crippen LogP contribution in [0.4, 0.5) is 11.5 Å². The lowest BCUT2D eigenvalue weighted by Crippen LogP contribution is -2.16. The first kappa shape index (κ1) is 14.4. The molecule has 0 aliphatic carbocycles. The Balaban J connectivity index is 2.98. The van der Waals surface area contributed by atoms with Crippen molar-refractivity contribution in [1.29, 1.82) is 0 Å². The van der Waals surface area contributed by atoms with Crippen molar-refractivity contribution in [2.45, 2.75) is 26.7 Å². The Morgan fingerprint density at radius 3 is 2.78 bits per heavy atom. The van der Waals surface area contributed by atoms with Crippen molar-refractivity contribution in [2.75, 3.05) is 18.5 Å². The van der Waals surface area contributed by atoms with E-state index in [-0.39, 0.29) is 18.2 Å². The Morgan fingerprint density at radius 2 is 2.28 bits per heavy atom. The van der Waals surface area contributed by atoms with Gasteiger partial charge in [0.1, 0.15) is 5.69 Å². The van der Waals surface area contributed by atoms with E-state index in [1.807, 2.05) is 13.8 Å². The van der Waals surface area contributed by atoms with E-state index in [2.05, 4.69) is 10.4 Å². The summed E-state index contributed by atoms with van der Waals surface area (Å²) < 4.78 is 1.49. The standard InChI is InChI=1S/C11H20N4O3/c1-4-5-9-10(15(17)18)11(14(3)13-9)12-6-8(2)7-16/h8,12,16H,4-7H2,1-3H3. The zero-order valence-corrected chi connectivity index (χ0v) is 11.0. The SMILES string of the molecule is CCCc1nn(C)c(NCC(C)CO)c1[N+](=O)[O-]. The fourth-order valence-corrected chi connectivity index (χ4v) is 1.70. The molecule has 1 aromatic rings. The quantitative estimate of drug-likeness (QED) is 0.567. The van der Waals surface area contributed by atoms with Gasteiger partial charge >= 0.3 is 5.69 Å². The predicted molar refractivity (Wildman–Crippen MR) is 68.6 cm³/mol. The number of aryl methyl sites for hydroxylation is 2. The predicted octanol–water partition coefficient (Wildman–Crippen LogP) is 1.32. The summed E-state index contributed by atoms with van der Waals surface area (Å²) in [6.45, 7) is 4.34. The average Bonchev–Trinajstić information content (AvgIpc) is 2.63. The van der Waals surface area contributed by atoms with Gasteiger partial charge in [-0.3, -0.25) is 10.1 Å². The molecule has 1 unspecified atom stereocenters. The molecule has 0 aliphatic heterocycles. The molecule has 0 fully saturated rings. The summed E-state index contributed by atoms with van der Waals surface area (Å²) in [4.78, 5) is 10.7. The van der Waals surface area contributed by atoms with Crippen LogP contribution in [0, 0.1) is 16.0 Å². The van der Waals surface area contributed by atoms with Crippen LogP contribution in [0.25, 0.3) is 0 Å². The Labute approximate surface area is 106 Å². The van der Waals surface area contributed by atoms with E-state index < -0.39 is 4.92 Å². The number of anilines is 1. The fraction of sp³-hybridized carbons (Fsp3) is 0.727. The summed E-state index contributed by atoms with van der Waals surface area (Å²) in [5, 5.41) is 27.2. The van der Waals surface area contributed by atoms with Crippen LogP contribution in [0.2, 0.25) is 0 Å². The van der Waals surface area contributed by atoms with Gasteiger partial charge in [0.2, 0.25) is 5.82 Å². The molecule has 7 nitrogen and oxygen atoms in total. The number of nitrogens with one attached hydrogen (secondary N) is 1. The van der Waals surface area contributed by atoms with Gasteiger partial charge < -0.3 is 10.4 Å². The summed E-state index contributed by atoms with van der Waals surface area (Å²) in [5.74, 6) is 0.442. The van der Waals surface area contributed by atoms with E-state index in [0.29, 0.717) is 24.5 Å². The number of rotatable bonds is 7. The minimum absolute atomic E-state index is 0.0362. The first-order chi connectivity index (χ1) is 8.51. The van der Waals surface area contributed by atoms with Crippen LogP contribution >= 0.6 is 0 Å². The first-order valence-corrected chi connectivity index (χ1v) is 6.06. The second-order valence-corrected chi connectivity index (χ2v) is 4.44. The molecular weight excluding hydrogens is 236 g/mol. The number of aliphatic hydroxyl groups is 1. The van der Waals surface area contributed by atoms with Gasteiger partial charge in [0.25, 0.3) is 0 Å². The van der Waals surface area contributed by atoms with E-state index in [0.717, 1.165) is 6.42 Å². The van der Waals surface area contributed by atoms with Crippen LogP contribution in [0.5, 0.6) is 0 Å². The molecule has 0 saturated heterocycles. The number of nitrogens with zero attached hydrogens (tertiary/aromatic N) is 3. The smallest absolute Gasteiger partial charge is 0.333 e. The largest absolute Gasteiger partial charge is 0.396 e. The molecule has 1 aromatic heterocycles. The van der Waals surface area contributed by atoms with Crippen LogP contribution in [0.3, 0.4) is 0 Å². The van der Waals surface area contributed by atoms with Crippen LogP contribution in [-0.4, -0.2) is 33.0 Å². The van der Waals surface area contributed by atoms with Crippen LogP contribution < -0.4 is 5.32 Å². The van der Waals surface area contributed by atoms with Crippen molar-refractivity contribution in [1.82, 2.24) is 9.78 Å². The van der Waals surface area contributed by atoms with Gasteiger partial charge in [-0.05, 0) is 12.3 Å². The maximum atomic E-state index is 11.1. The summed E-state index contributed by atoms with van der Waals surface area (Å²) >= 11 is 0. The molecule has 0 radical (unpaired) electrons. The van der Waals surface area contributed by atoms with Gasteiger partial charge in [0.15, 0.2) is 0 Å². The van der Waals surface area contributed by atoms with Crippen LogP contribution in [0.15, 0.2) is 0 Å². The van der Waals surface area contributed by atoms with Gasteiger partial charge in [-0.2, -0.15) is 5.10 Å². The normalized spacial score (nSPS) is 12.4. The van der Waals surface area contributed by atoms with E-state index in [1.54, 1.807) is 7.05 Å². The summed E-state index contributed by atoms with van der Waals surface area (Å²) in [6, 6.07) is 0. The van der Waals surface area contributed by atoms with Crippen LogP contribution in [0.1, 0.15) is 26.0 Å². The van der Waals surface area contributed by atoms with Gasteiger partial charge in [-0.25, -0.2) is 4.68 Å². The van der Waals surface area contributed by atoms with E-state index in [1.165, 1.54) is 4.68 Å². The number of aliphatic hydroxyl groups excluding tert-OH is 1. The monoisotopic (exact) mass is 256 g/mol. The van der Waals surface area contributed by atoms with Gasteiger partial charge in [0, 0.05) is 20.2 Å². The Kier molecular flexibility index (Phi) is 5.08. The summed E-state index contributed by atoms with van der Waals surface area (Å²) in [6.07, 6.45) is 1.39. The third-order valence-electron chi connectivity index (χ3n) is 2.69. The van der Waals surface area contributed by atoms with Crippen molar-refractivity contribution in [3.8, 4) is 0 Å². The molecule has 0 saturated carbocycles. The van der Waals surface area contributed by atoms with Gasteiger partial charge in [0.05, 0.1) is 4.92 Å². The molecule has 1 heterocycles. The maximum Gasteiger partial charge on any atom is 0.333 e. The van der Waals surface area contributed by atoms with Gasteiger partial charge in [-0.15, -0.1) is 0 Å². The zero-order valence-electron chi connectivity index (χ0n) is 11.0. The highest BCUT2D eigenvalue weighted by Gasteiger charge is 2.25.